The Morgan fingerprint density at radius 3 is 2.47 bits per heavy atom. The standard InChI is InChI=1S/C14H18N2S/c1-11-14(2,3)16(4)13(17-11)15-10-12-8-6-5-7-9-12/h5-9H,1,10H2,2-4H3. The van der Waals surface area contributed by atoms with Crippen molar-refractivity contribution in [1.29, 1.82) is 0 Å². The number of rotatable bonds is 2. The molecule has 0 unspecified atom stereocenters. The summed E-state index contributed by atoms with van der Waals surface area (Å²) >= 11 is 1.68. The fraction of sp³-hybridized carbons (Fsp3) is 0.357. The van der Waals surface area contributed by atoms with Gasteiger partial charge in [-0.25, -0.2) is 0 Å². The normalized spacial score (nSPS) is 21.2. The molecule has 0 radical (unpaired) electrons. The summed E-state index contributed by atoms with van der Waals surface area (Å²) in [5.41, 5.74) is 1.24. The lowest BCUT2D eigenvalue weighted by molar-refractivity contribution is 0.330. The zero-order chi connectivity index (χ0) is 12.5. The molecule has 0 saturated carbocycles. The van der Waals surface area contributed by atoms with Crippen LogP contribution in [0.15, 0.2) is 46.8 Å². The van der Waals surface area contributed by atoms with Crippen LogP contribution in [-0.4, -0.2) is 22.7 Å². The fourth-order valence-electron chi connectivity index (χ4n) is 1.61. The Morgan fingerprint density at radius 1 is 1.29 bits per heavy atom. The Morgan fingerprint density at radius 2 is 1.94 bits per heavy atom. The van der Waals surface area contributed by atoms with Gasteiger partial charge in [-0.05, 0) is 19.4 Å². The topological polar surface area (TPSA) is 15.6 Å². The molecule has 1 heterocycles. The van der Waals surface area contributed by atoms with E-state index in [1.54, 1.807) is 11.8 Å². The molecule has 1 aliphatic rings. The van der Waals surface area contributed by atoms with Crippen LogP contribution in [0.25, 0.3) is 0 Å². The van der Waals surface area contributed by atoms with Crippen molar-refractivity contribution in [3.05, 3.63) is 47.4 Å². The second kappa shape index (κ2) is 4.57. The summed E-state index contributed by atoms with van der Waals surface area (Å²) in [4.78, 5) is 8.02. The van der Waals surface area contributed by atoms with Crippen molar-refractivity contribution in [2.45, 2.75) is 25.9 Å². The molecule has 2 nitrogen and oxygen atoms in total. The van der Waals surface area contributed by atoms with Gasteiger partial charge in [-0.2, -0.15) is 0 Å². The average Bonchev–Trinajstić information content (AvgIpc) is 2.52. The first-order valence-corrected chi connectivity index (χ1v) is 6.53. The van der Waals surface area contributed by atoms with E-state index in [1.807, 2.05) is 18.2 Å². The van der Waals surface area contributed by atoms with Gasteiger partial charge in [-0.15, -0.1) is 0 Å². The minimum Gasteiger partial charge on any atom is -0.345 e. The summed E-state index contributed by atoms with van der Waals surface area (Å²) in [5, 5.41) is 1.06. The Labute approximate surface area is 107 Å². The third-order valence-corrected chi connectivity index (χ3v) is 4.59. The first kappa shape index (κ1) is 12.2. The summed E-state index contributed by atoms with van der Waals surface area (Å²) in [6.07, 6.45) is 0. The van der Waals surface area contributed by atoms with Crippen LogP contribution in [-0.2, 0) is 6.54 Å². The van der Waals surface area contributed by atoms with Crippen molar-refractivity contribution in [3.63, 3.8) is 0 Å². The number of hydrogen-bond donors (Lipinski definition) is 0. The van der Waals surface area contributed by atoms with Crippen LogP contribution in [0, 0.1) is 0 Å². The SMILES string of the molecule is C=C1SC(=NCc2ccccc2)N(C)C1(C)C. The molecule has 17 heavy (non-hydrogen) atoms. The second-order valence-electron chi connectivity index (χ2n) is 4.73. The molecule has 1 aliphatic heterocycles. The highest BCUT2D eigenvalue weighted by Gasteiger charge is 2.37. The maximum Gasteiger partial charge on any atom is 0.164 e. The number of amidine groups is 1. The fourth-order valence-corrected chi connectivity index (χ4v) is 2.71. The van der Waals surface area contributed by atoms with Crippen molar-refractivity contribution in [1.82, 2.24) is 4.90 Å². The van der Waals surface area contributed by atoms with Gasteiger partial charge in [-0.1, -0.05) is 48.7 Å². The molecule has 0 atom stereocenters. The number of aliphatic imine (C=N–C) groups is 1. The van der Waals surface area contributed by atoms with Crippen molar-refractivity contribution in [2.24, 2.45) is 4.99 Å². The van der Waals surface area contributed by atoms with Gasteiger partial charge in [0.2, 0.25) is 0 Å². The molecular formula is C14H18N2S. The summed E-state index contributed by atoms with van der Waals surface area (Å²) in [6.45, 7) is 9.18. The molecule has 2 rings (SSSR count). The minimum absolute atomic E-state index is 0.000186. The minimum atomic E-state index is 0.000186. The average molecular weight is 246 g/mol. The summed E-state index contributed by atoms with van der Waals surface area (Å²) < 4.78 is 0. The monoisotopic (exact) mass is 246 g/mol. The van der Waals surface area contributed by atoms with Crippen LogP contribution in [0.1, 0.15) is 19.4 Å². The molecule has 3 heteroatoms. The number of likely N-dealkylation sites (N-methyl/N-ethyl adjacent to an activating group) is 1. The molecule has 0 aromatic heterocycles. The largest absolute Gasteiger partial charge is 0.345 e. The van der Waals surface area contributed by atoms with Gasteiger partial charge < -0.3 is 4.90 Å². The summed E-state index contributed by atoms with van der Waals surface area (Å²) in [6, 6.07) is 10.3. The zero-order valence-corrected chi connectivity index (χ0v) is 11.4. The van der Waals surface area contributed by atoms with E-state index in [2.05, 4.69) is 49.5 Å². The molecule has 0 aliphatic carbocycles. The number of nitrogens with zero attached hydrogens (tertiary/aromatic N) is 2. The van der Waals surface area contributed by atoms with E-state index >= 15 is 0 Å². The lowest BCUT2D eigenvalue weighted by Crippen LogP contribution is -2.38. The van der Waals surface area contributed by atoms with E-state index in [1.165, 1.54) is 5.56 Å². The Hall–Kier alpha value is -1.22. The van der Waals surface area contributed by atoms with Crippen LogP contribution in [0.3, 0.4) is 0 Å². The van der Waals surface area contributed by atoms with Gasteiger partial charge in [0.1, 0.15) is 0 Å². The predicted molar refractivity (Wildman–Crippen MR) is 76.2 cm³/mol. The van der Waals surface area contributed by atoms with Crippen molar-refractivity contribution in [3.8, 4) is 0 Å². The van der Waals surface area contributed by atoms with Crippen molar-refractivity contribution >= 4 is 16.9 Å². The van der Waals surface area contributed by atoms with E-state index < -0.39 is 0 Å². The zero-order valence-electron chi connectivity index (χ0n) is 10.6. The third-order valence-electron chi connectivity index (χ3n) is 3.26. The Kier molecular flexibility index (Phi) is 3.29. The van der Waals surface area contributed by atoms with E-state index in [4.69, 9.17) is 0 Å². The van der Waals surface area contributed by atoms with Gasteiger partial charge in [0.05, 0.1) is 12.1 Å². The molecule has 0 N–H and O–H groups in total. The second-order valence-corrected chi connectivity index (χ2v) is 5.79. The molecule has 1 saturated heterocycles. The molecule has 0 bridgehead atoms. The molecule has 90 valence electrons. The lowest BCUT2D eigenvalue weighted by atomic mass is 10.1. The molecular weight excluding hydrogens is 228 g/mol. The first-order valence-electron chi connectivity index (χ1n) is 5.71. The lowest BCUT2D eigenvalue weighted by Gasteiger charge is -2.28. The quantitative estimate of drug-likeness (QED) is 0.793. The summed E-state index contributed by atoms with van der Waals surface area (Å²) in [5.74, 6) is 0. The highest BCUT2D eigenvalue weighted by Crippen LogP contribution is 2.40. The van der Waals surface area contributed by atoms with Gasteiger partial charge in [0.15, 0.2) is 5.17 Å². The van der Waals surface area contributed by atoms with E-state index in [0.29, 0.717) is 0 Å². The van der Waals surface area contributed by atoms with Gasteiger partial charge >= 0.3 is 0 Å². The van der Waals surface area contributed by atoms with Crippen LogP contribution in [0.4, 0.5) is 0 Å². The van der Waals surface area contributed by atoms with Crippen LogP contribution >= 0.6 is 11.8 Å². The molecule has 1 aromatic carbocycles. The van der Waals surface area contributed by atoms with Crippen molar-refractivity contribution in [2.75, 3.05) is 7.05 Å². The molecule has 0 spiro atoms. The maximum absolute atomic E-state index is 4.67. The Bertz CT molecular complexity index is 449. The van der Waals surface area contributed by atoms with Crippen LogP contribution in [0.5, 0.6) is 0 Å². The molecule has 1 fully saturated rings. The number of benzene rings is 1. The number of thioether (sulfide) groups is 1. The predicted octanol–water partition coefficient (Wildman–Crippen LogP) is 3.51. The molecule has 0 amide bonds. The van der Waals surface area contributed by atoms with Gasteiger partial charge in [0, 0.05) is 12.0 Å². The van der Waals surface area contributed by atoms with Gasteiger partial charge in [0.25, 0.3) is 0 Å². The highest BCUT2D eigenvalue weighted by atomic mass is 32.2. The molecule has 1 aromatic rings. The van der Waals surface area contributed by atoms with Crippen molar-refractivity contribution < 1.29 is 0 Å². The third kappa shape index (κ3) is 2.39. The number of hydrogen-bond acceptors (Lipinski definition) is 2. The first-order chi connectivity index (χ1) is 8.01. The van der Waals surface area contributed by atoms with Crippen LogP contribution in [0.2, 0.25) is 0 Å². The smallest absolute Gasteiger partial charge is 0.164 e. The van der Waals surface area contributed by atoms with E-state index in [-0.39, 0.29) is 5.54 Å². The van der Waals surface area contributed by atoms with E-state index in [9.17, 15) is 0 Å². The van der Waals surface area contributed by atoms with E-state index in [0.717, 1.165) is 16.6 Å². The maximum atomic E-state index is 4.67. The van der Waals surface area contributed by atoms with Gasteiger partial charge in [-0.3, -0.25) is 4.99 Å². The summed E-state index contributed by atoms with van der Waals surface area (Å²) in [7, 11) is 2.08. The Balaban J connectivity index is 2.12. The van der Waals surface area contributed by atoms with Crippen LogP contribution < -0.4 is 0 Å². The highest BCUT2D eigenvalue weighted by molar-refractivity contribution is 8.17.